The van der Waals surface area contributed by atoms with Crippen LogP contribution in [0.25, 0.3) is 0 Å². The van der Waals surface area contributed by atoms with Gasteiger partial charge in [0.15, 0.2) is 0 Å². The molecule has 1 amide bonds. The van der Waals surface area contributed by atoms with Crippen molar-refractivity contribution in [1.82, 2.24) is 10.2 Å². The van der Waals surface area contributed by atoms with Crippen molar-refractivity contribution in [1.29, 1.82) is 0 Å². The maximum Gasteiger partial charge on any atom is 0.307 e. The second-order valence-electron chi connectivity index (χ2n) is 4.14. The molecule has 0 radical (unpaired) electrons. The Morgan fingerprint density at radius 2 is 1.89 bits per heavy atom. The summed E-state index contributed by atoms with van der Waals surface area (Å²) in [5.41, 5.74) is 0. The van der Waals surface area contributed by atoms with E-state index in [4.69, 9.17) is 10.2 Å². The average Bonchev–Trinajstić information content (AvgIpc) is 2.27. The van der Waals surface area contributed by atoms with E-state index in [-0.39, 0.29) is 25.4 Å². The molecule has 1 unspecified atom stereocenters. The third-order valence-electron chi connectivity index (χ3n) is 2.46. The molecule has 0 aliphatic heterocycles. The van der Waals surface area contributed by atoms with Gasteiger partial charge in [-0.3, -0.25) is 19.3 Å². The summed E-state index contributed by atoms with van der Waals surface area (Å²) in [5, 5.41) is 19.8. The van der Waals surface area contributed by atoms with Crippen LogP contribution in [0.4, 0.5) is 0 Å². The van der Waals surface area contributed by atoms with Crippen LogP contribution in [0.3, 0.4) is 0 Å². The maximum atomic E-state index is 11.3. The number of nitrogens with one attached hydrogen (secondary N) is 1. The number of carbonyl (C=O) groups is 3. The van der Waals surface area contributed by atoms with Gasteiger partial charge in [-0.1, -0.05) is 6.92 Å². The lowest BCUT2D eigenvalue weighted by Gasteiger charge is -2.22. The summed E-state index contributed by atoms with van der Waals surface area (Å²) in [6, 6.07) is 0. The molecule has 0 fully saturated rings. The molecule has 18 heavy (non-hydrogen) atoms. The van der Waals surface area contributed by atoms with E-state index >= 15 is 0 Å². The molecule has 7 nitrogen and oxygen atoms in total. The molecule has 0 aromatic rings. The first-order valence-electron chi connectivity index (χ1n) is 5.74. The van der Waals surface area contributed by atoms with Crippen LogP contribution >= 0.6 is 0 Å². The second kappa shape index (κ2) is 8.46. The van der Waals surface area contributed by atoms with Gasteiger partial charge in [0, 0.05) is 20.0 Å². The molecule has 0 aromatic heterocycles. The normalized spacial score (nSPS) is 12.2. The first-order chi connectivity index (χ1) is 8.36. The molecule has 0 saturated heterocycles. The van der Waals surface area contributed by atoms with Crippen LogP contribution in [0.15, 0.2) is 0 Å². The summed E-state index contributed by atoms with van der Waals surface area (Å²) in [6.07, 6.45) is 0.393. The lowest BCUT2D eigenvalue weighted by atomic mass is 10.1. The van der Waals surface area contributed by atoms with Crippen molar-refractivity contribution in [3.8, 4) is 0 Å². The number of hydrogen-bond donors (Lipinski definition) is 3. The molecule has 0 rings (SSSR count). The zero-order chi connectivity index (χ0) is 14.1. The summed E-state index contributed by atoms with van der Waals surface area (Å²) < 4.78 is 0. The number of hydrogen-bond acceptors (Lipinski definition) is 4. The number of amides is 1. The molecule has 0 heterocycles. The minimum absolute atomic E-state index is 0.00565. The zero-order valence-corrected chi connectivity index (χ0v) is 10.7. The summed E-state index contributed by atoms with van der Waals surface area (Å²) in [6.45, 7) is 2.24. The van der Waals surface area contributed by atoms with Crippen molar-refractivity contribution in [3.05, 3.63) is 0 Å². The summed E-state index contributed by atoms with van der Waals surface area (Å²) in [4.78, 5) is 34.1. The van der Waals surface area contributed by atoms with Crippen LogP contribution in [0.1, 0.15) is 19.8 Å². The van der Waals surface area contributed by atoms with Crippen LogP contribution in [-0.4, -0.2) is 59.6 Å². The fourth-order valence-corrected chi connectivity index (χ4v) is 1.44. The monoisotopic (exact) mass is 260 g/mol. The highest BCUT2D eigenvalue weighted by molar-refractivity contribution is 5.77. The van der Waals surface area contributed by atoms with Gasteiger partial charge in [0.2, 0.25) is 5.91 Å². The van der Waals surface area contributed by atoms with Gasteiger partial charge in [0.25, 0.3) is 0 Å². The molecular formula is C11H20N2O5. The van der Waals surface area contributed by atoms with Crippen LogP contribution in [0.2, 0.25) is 0 Å². The van der Waals surface area contributed by atoms with Gasteiger partial charge in [-0.25, -0.2) is 0 Å². The van der Waals surface area contributed by atoms with Gasteiger partial charge in [-0.15, -0.1) is 0 Å². The molecule has 0 aliphatic carbocycles. The number of nitrogens with zero attached hydrogens (tertiary/aromatic N) is 1. The first-order valence-corrected chi connectivity index (χ1v) is 5.74. The molecule has 7 heteroatoms. The van der Waals surface area contributed by atoms with Crippen LogP contribution in [0.5, 0.6) is 0 Å². The van der Waals surface area contributed by atoms with Crippen molar-refractivity contribution in [2.24, 2.45) is 5.92 Å². The number of likely N-dealkylation sites (N-methyl/N-ethyl adjacent to an activating group) is 1. The van der Waals surface area contributed by atoms with Gasteiger partial charge >= 0.3 is 11.9 Å². The number of carboxylic acids is 2. The average molecular weight is 260 g/mol. The first kappa shape index (κ1) is 16.4. The van der Waals surface area contributed by atoms with Gasteiger partial charge in [-0.05, 0) is 13.0 Å². The maximum absolute atomic E-state index is 11.3. The second-order valence-corrected chi connectivity index (χ2v) is 4.14. The van der Waals surface area contributed by atoms with E-state index in [9.17, 15) is 14.4 Å². The fourth-order valence-electron chi connectivity index (χ4n) is 1.44. The topological polar surface area (TPSA) is 107 Å². The number of rotatable bonds is 9. The lowest BCUT2D eigenvalue weighted by molar-refractivity contribution is -0.142. The quantitative estimate of drug-likeness (QED) is 0.521. The Kier molecular flexibility index (Phi) is 7.69. The third kappa shape index (κ3) is 7.61. The Balaban J connectivity index is 4.27. The SMILES string of the molecule is CNC(=O)CN(CCCC(=O)O)CC(C)C(=O)O. The molecule has 0 aliphatic rings. The molecule has 0 bridgehead atoms. The molecule has 0 aromatic carbocycles. The third-order valence-corrected chi connectivity index (χ3v) is 2.46. The van der Waals surface area contributed by atoms with Gasteiger partial charge < -0.3 is 15.5 Å². The molecule has 104 valence electrons. The standard InChI is InChI=1S/C11H20N2O5/c1-8(11(17)18)6-13(7-9(14)12-2)5-3-4-10(15)16/h8H,3-7H2,1-2H3,(H,12,14)(H,15,16)(H,17,18). The molecule has 0 spiro atoms. The Bertz CT molecular complexity index is 306. The molecular weight excluding hydrogens is 240 g/mol. The summed E-state index contributed by atoms with van der Waals surface area (Å²) in [7, 11) is 1.50. The highest BCUT2D eigenvalue weighted by atomic mass is 16.4. The summed E-state index contributed by atoms with van der Waals surface area (Å²) in [5.74, 6) is -2.65. The van der Waals surface area contributed by atoms with Crippen LogP contribution in [0, 0.1) is 5.92 Å². The van der Waals surface area contributed by atoms with Crippen molar-refractivity contribution in [3.63, 3.8) is 0 Å². The molecule has 1 atom stereocenters. The van der Waals surface area contributed by atoms with E-state index in [0.29, 0.717) is 13.0 Å². The predicted octanol–water partition coefficient (Wildman–Crippen LogP) is -0.380. The highest BCUT2D eigenvalue weighted by Gasteiger charge is 2.18. The fraction of sp³-hybridized carbons (Fsp3) is 0.727. The largest absolute Gasteiger partial charge is 0.481 e. The van der Waals surface area contributed by atoms with Crippen molar-refractivity contribution < 1.29 is 24.6 Å². The van der Waals surface area contributed by atoms with E-state index < -0.39 is 17.9 Å². The van der Waals surface area contributed by atoms with Gasteiger partial charge in [0.1, 0.15) is 0 Å². The molecule has 0 saturated carbocycles. The van der Waals surface area contributed by atoms with E-state index in [1.54, 1.807) is 11.8 Å². The zero-order valence-electron chi connectivity index (χ0n) is 10.7. The minimum atomic E-state index is -0.935. The number of carbonyl (C=O) groups excluding carboxylic acids is 1. The predicted molar refractivity (Wildman–Crippen MR) is 64.2 cm³/mol. The van der Waals surface area contributed by atoms with Crippen molar-refractivity contribution >= 4 is 17.8 Å². The van der Waals surface area contributed by atoms with Gasteiger partial charge in [-0.2, -0.15) is 0 Å². The van der Waals surface area contributed by atoms with Crippen molar-refractivity contribution in [2.75, 3.05) is 26.7 Å². The Morgan fingerprint density at radius 1 is 1.28 bits per heavy atom. The van der Waals surface area contributed by atoms with E-state index in [2.05, 4.69) is 5.32 Å². The number of aliphatic carboxylic acids is 2. The van der Waals surface area contributed by atoms with E-state index in [1.165, 1.54) is 7.05 Å². The van der Waals surface area contributed by atoms with Gasteiger partial charge in [0.05, 0.1) is 12.5 Å². The Hall–Kier alpha value is -1.63. The van der Waals surface area contributed by atoms with E-state index in [1.807, 2.05) is 0 Å². The number of carboxylic acid groups (broad SMARTS) is 2. The molecule has 3 N–H and O–H groups in total. The minimum Gasteiger partial charge on any atom is -0.481 e. The lowest BCUT2D eigenvalue weighted by Crippen LogP contribution is -2.40. The Labute approximate surface area is 106 Å². The Morgan fingerprint density at radius 3 is 2.33 bits per heavy atom. The summed E-state index contributed by atoms with van der Waals surface area (Å²) >= 11 is 0. The smallest absolute Gasteiger partial charge is 0.307 e. The van der Waals surface area contributed by atoms with E-state index in [0.717, 1.165) is 0 Å². The highest BCUT2D eigenvalue weighted by Crippen LogP contribution is 2.03. The van der Waals surface area contributed by atoms with Crippen LogP contribution in [-0.2, 0) is 14.4 Å². The van der Waals surface area contributed by atoms with Crippen molar-refractivity contribution in [2.45, 2.75) is 19.8 Å². The van der Waals surface area contributed by atoms with Crippen LogP contribution < -0.4 is 5.32 Å².